The predicted molar refractivity (Wildman–Crippen MR) is 70.3 cm³/mol. The molecule has 2 N–H and O–H groups in total. The molecule has 3 nitrogen and oxygen atoms in total. The van der Waals surface area contributed by atoms with E-state index >= 15 is 0 Å². The van der Waals surface area contributed by atoms with Crippen molar-refractivity contribution >= 4 is 0 Å². The lowest BCUT2D eigenvalue weighted by molar-refractivity contribution is -0.0170. The number of nitrogens with two attached hydrogens (primary N) is 1. The summed E-state index contributed by atoms with van der Waals surface area (Å²) in [6.45, 7) is 6.41. The monoisotopic (exact) mass is 273 g/mol. The third kappa shape index (κ3) is 5.53. The van der Waals surface area contributed by atoms with Crippen LogP contribution in [-0.2, 0) is 11.2 Å². The SMILES string of the molecule is CC(C)(C)OCCOc1c(F)cc(CCN)cc1F. The summed E-state index contributed by atoms with van der Waals surface area (Å²) in [6, 6.07) is 2.49. The van der Waals surface area contributed by atoms with Crippen molar-refractivity contribution in [3.05, 3.63) is 29.3 Å². The second-order valence-corrected chi connectivity index (χ2v) is 5.24. The van der Waals surface area contributed by atoms with Gasteiger partial charge in [0, 0.05) is 0 Å². The molecule has 1 aromatic rings. The molecule has 0 aromatic heterocycles. The van der Waals surface area contributed by atoms with Gasteiger partial charge in [-0.15, -0.1) is 0 Å². The topological polar surface area (TPSA) is 44.5 Å². The van der Waals surface area contributed by atoms with Crippen molar-refractivity contribution in [1.29, 1.82) is 0 Å². The molecule has 0 amide bonds. The summed E-state index contributed by atoms with van der Waals surface area (Å²) >= 11 is 0. The molecule has 19 heavy (non-hydrogen) atoms. The average Bonchev–Trinajstić information content (AvgIpc) is 2.26. The fourth-order valence-corrected chi connectivity index (χ4v) is 1.55. The molecular formula is C14H21F2NO2. The van der Waals surface area contributed by atoms with Crippen molar-refractivity contribution < 1.29 is 18.3 Å². The van der Waals surface area contributed by atoms with Crippen LogP contribution >= 0.6 is 0 Å². The summed E-state index contributed by atoms with van der Waals surface area (Å²) in [6.07, 6.45) is 0.432. The third-order valence-corrected chi connectivity index (χ3v) is 2.36. The van der Waals surface area contributed by atoms with Crippen LogP contribution in [0.5, 0.6) is 5.75 Å². The van der Waals surface area contributed by atoms with Crippen LogP contribution in [0.4, 0.5) is 8.78 Å². The first-order valence-corrected chi connectivity index (χ1v) is 6.28. The van der Waals surface area contributed by atoms with E-state index in [0.717, 1.165) is 0 Å². The third-order valence-electron chi connectivity index (χ3n) is 2.36. The van der Waals surface area contributed by atoms with Crippen LogP contribution in [0.1, 0.15) is 26.3 Å². The standard InChI is InChI=1S/C14H21F2NO2/c1-14(2,3)19-7-6-18-13-11(15)8-10(4-5-17)9-12(13)16/h8-9H,4-7,17H2,1-3H3. The average molecular weight is 273 g/mol. The molecule has 0 aliphatic carbocycles. The van der Waals surface area contributed by atoms with Crippen molar-refractivity contribution in [2.75, 3.05) is 19.8 Å². The predicted octanol–water partition coefficient (Wildman–Crippen LogP) is 2.66. The second-order valence-electron chi connectivity index (χ2n) is 5.24. The molecule has 108 valence electrons. The number of benzene rings is 1. The Kier molecular flexibility index (Phi) is 5.69. The summed E-state index contributed by atoms with van der Waals surface area (Å²) in [5, 5.41) is 0. The Balaban J connectivity index is 2.59. The van der Waals surface area contributed by atoms with Gasteiger partial charge in [-0.25, -0.2) is 8.78 Å². The molecule has 0 saturated carbocycles. The first-order chi connectivity index (χ1) is 8.83. The van der Waals surface area contributed by atoms with Gasteiger partial charge in [0.1, 0.15) is 6.61 Å². The second kappa shape index (κ2) is 6.82. The van der Waals surface area contributed by atoms with Crippen LogP contribution < -0.4 is 10.5 Å². The normalized spacial score (nSPS) is 11.7. The van der Waals surface area contributed by atoms with Crippen molar-refractivity contribution in [3.8, 4) is 5.75 Å². The highest BCUT2D eigenvalue weighted by molar-refractivity contribution is 5.31. The lowest BCUT2D eigenvalue weighted by Crippen LogP contribution is -2.22. The summed E-state index contributed by atoms with van der Waals surface area (Å²) in [5.74, 6) is -1.78. The maximum Gasteiger partial charge on any atom is 0.190 e. The molecule has 0 unspecified atom stereocenters. The van der Waals surface area contributed by atoms with E-state index in [1.807, 2.05) is 20.8 Å². The Morgan fingerprint density at radius 1 is 1.11 bits per heavy atom. The molecule has 0 fully saturated rings. The van der Waals surface area contributed by atoms with Gasteiger partial charge in [-0.05, 0) is 51.4 Å². The number of hydrogen-bond acceptors (Lipinski definition) is 3. The van der Waals surface area contributed by atoms with Crippen molar-refractivity contribution in [2.24, 2.45) is 5.73 Å². The van der Waals surface area contributed by atoms with Gasteiger partial charge < -0.3 is 15.2 Å². The molecule has 1 rings (SSSR count). The van der Waals surface area contributed by atoms with E-state index in [0.29, 0.717) is 18.5 Å². The maximum atomic E-state index is 13.6. The Morgan fingerprint density at radius 3 is 2.16 bits per heavy atom. The molecule has 5 heteroatoms. The molecule has 0 radical (unpaired) electrons. The van der Waals surface area contributed by atoms with E-state index in [2.05, 4.69) is 0 Å². The minimum atomic E-state index is -0.709. The van der Waals surface area contributed by atoms with Crippen molar-refractivity contribution in [2.45, 2.75) is 32.8 Å². The highest BCUT2D eigenvalue weighted by Gasteiger charge is 2.14. The van der Waals surface area contributed by atoms with E-state index in [4.69, 9.17) is 15.2 Å². The molecule has 0 heterocycles. The molecule has 0 spiro atoms. The van der Waals surface area contributed by atoms with Crippen LogP contribution in [0, 0.1) is 11.6 Å². The van der Waals surface area contributed by atoms with E-state index < -0.39 is 11.6 Å². The first kappa shape index (κ1) is 15.9. The largest absolute Gasteiger partial charge is 0.485 e. The number of hydrogen-bond donors (Lipinski definition) is 1. The minimum Gasteiger partial charge on any atom is -0.485 e. The molecular weight excluding hydrogens is 252 g/mol. The van der Waals surface area contributed by atoms with Gasteiger partial charge in [0.2, 0.25) is 0 Å². The fourth-order valence-electron chi connectivity index (χ4n) is 1.55. The molecule has 1 aromatic carbocycles. The Labute approximate surface area is 112 Å². The van der Waals surface area contributed by atoms with Gasteiger partial charge >= 0.3 is 0 Å². The first-order valence-electron chi connectivity index (χ1n) is 6.28. The number of rotatable bonds is 6. The van der Waals surface area contributed by atoms with Crippen LogP contribution in [0.15, 0.2) is 12.1 Å². The van der Waals surface area contributed by atoms with E-state index in [1.165, 1.54) is 12.1 Å². The zero-order chi connectivity index (χ0) is 14.5. The Hall–Kier alpha value is -1.20. The molecule has 0 atom stereocenters. The van der Waals surface area contributed by atoms with Gasteiger partial charge in [0.05, 0.1) is 12.2 Å². The highest BCUT2D eigenvalue weighted by atomic mass is 19.1. The molecule has 0 saturated heterocycles. The Bertz CT molecular complexity index is 393. The van der Waals surface area contributed by atoms with Gasteiger partial charge in [-0.3, -0.25) is 0 Å². The highest BCUT2D eigenvalue weighted by Crippen LogP contribution is 2.23. The minimum absolute atomic E-state index is 0.0986. The summed E-state index contributed by atoms with van der Waals surface area (Å²) in [7, 11) is 0. The smallest absolute Gasteiger partial charge is 0.190 e. The van der Waals surface area contributed by atoms with E-state index in [9.17, 15) is 8.78 Å². The zero-order valence-corrected chi connectivity index (χ0v) is 11.6. The van der Waals surface area contributed by atoms with Gasteiger partial charge in [-0.2, -0.15) is 0 Å². The fraction of sp³-hybridized carbons (Fsp3) is 0.571. The maximum absolute atomic E-state index is 13.6. The van der Waals surface area contributed by atoms with E-state index in [1.54, 1.807) is 0 Å². The summed E-state index contributed by atoms with van der Waals surface area (Å²) in [4.78, 5) is 0. The summed E-state index contributed by atoms with van der Waals surface area (Å²) in [5.41, 5.74) is 5.57. The van der Waals surface area contributed by atoms with Crippen LogP contribution in [-0.4, -0.2) is 25.4 Å². The molecule has 0 aliphatic rings. The van der Waals surface area contributed by atoms with Crippen LogP contribution in [0.25, 0.3) is 0 Å². The van der Waals surface area contributed by atoms with Crippen molar-refractivity contribution in [1.82, 2.24) is 0 Å². The zero-order valence-electron chi connectivity index (χ0n) is 11.6. The Morgan fingerprint density at radius 2 is 1.68 bits per heavy atom. The van der Waals surface area contributed by atoms with Gasteiger partial charge in [-0.1, -0.05) is 0 Å². The lowest BCUT2D eigenvalue weighted by atomic mass is 10.1. The molecule has 0 bridgehead atoms. The quantitative estimate of drug-likeness (QED) is 0.810. The van der Waals surface area contributed by atoms with Gasteiger partial charge in [0.25, 0.3) is 0 Å². The van der Waals surface area contributed by atoms with Crippen LogP contribution in [0.3, 0.4) is 0 Å². The van der Waals surface area contributed by atoms with E-state index in [-0.39, 0.29) is 24.6 Å². The molecule has 0 aliphatic heterocycles. The lowest BCUT2D eigenvalue weighted by Gasteiger charge is -2.19. The van der Waals surface area contributed by atoms with Gasteiger partial charge in [0.15, 0.2) is 17.4 Å². The number of halogens is 2. The number of ether oxygens (including phenoxy) is 2. The van der Waals surface area contributed by atoms with Crippen LogP contribution in [0.2, 0.25) is 0 Å². The van der Waals surface area contributed by atoms with Crippen molar-refractivity contribution in [3.63, 3.8) is 0 Å². The summed E-state index contributed by atoms with van der Waals surface area (Å²) < 4.78 is 37.8.